The zero-order valence-electron chi connectivity index (χ0n) is 14.5. The quantitative estimate of drug-likeness (QED) is 0.637. The van der Waals surface area contributed by atoms with Gasteiger partial charge in [0.2, 0.25) is 5.91 Å². The largest absolute Gasteiger partial charge is 0.464 e. The van der Waals surface area contributed by atoms with Gasteiger partial charge in [-0.3, -0.25) is 4.79 Å². The van der Waals surface area contributed by atoms with Crippen LogP contribution in [-0.2, 0) is 9.53 Å². The molecule has 0 aliphatic rings. The van der Waals surface area contributed by atoms with Gasteiger partial charge in [0.05, 0.1) is 18.7 Å². The summed E-state index contributed by atoms with van der Waals surface area (Å²) in [4.78, 5) is 28.1. The lowest BCUT2D eigenvalue weighted by Crippen LogP contribution is -2.22. The van der Waals surface area contributed by atoms with Crippen LogP contribution in [0.1, 0.15) is 35.3 Å². The van der Waals surface area contributed by atoms with E-state index < -0.39 is 5.97 Å². The van der Waals surface area contributed by atoms with Gasteiger partial charge in [-0.2, -0.15) is 0 Å². The third-order valence-electron chi connectivity index (χ3n) is 4.33. The number of anilines is 1. The van der Waals surface area contributed by atoms with Crippen LogP contribution in [0.3, 0.4) is 0 Å². The SMILES string of the molecule is CC[C@@H](C(=O)Nc1c(C(=O)OC)[nH]c2ccc(Cl)cc12)c1ccccc1. The number of esters is 1. The molecule has 3 aromatic rings. The Bertz CT molecular complexity index is 950. The van der Waals surface area contributed by atoms with Crippen molar-refractivity contribution in [3.05, 3.63) is 64.8 Å². The van der Waals surface area contributed by atoms with Gasteiger partial charge in [-0.1, -0.05) is 48.9 Å². The molecule has 1 heterocycles. The molecule has 3 rings (SSSR count). The molecular formula is C20H19ClN2O3. The van der Waals surface area contributed by atoms with Crippen LogP contribution >= 0.6 is 11.6 Å². The van der Waals surface area contributed by atoms with Gasteiger partial charge in [0, 0.05) is 15.9 Å². The summed E-state index contributed by atoms with van der Waals surface area (Å²) in [6.07, 6.45) is 0.631. The maximum absolute atomic E-state index is 12.9. The van der Waals surface area contributed by atoms with Gasteiger partial charge in [0.25, 0.3) is 0 Å². The first-order valence-corrected chi connectivity index (χ1v) is 8.68. The molecule has 0 aliphatic heterocycles. The number of rotatable bonds is 5. The second-order valence-electron chi connectivity index (χ2n) is 5.92. The molecule has 0 spiro atoms. The molecule has 26 heavy (non-hydrogen) atoms. The third-order valence-corrected chi connectivity index (χ3v) is 4.56. The number of hydrogen-bond acceptors (Lipinski definition) is 3. The molecule has 2 N–H and O–H groups in total. The number of benzene rings is 2. The lowest BCUT2D eigenvalue weighted by Gasteiger charge is -2.16. The zero-order chi connectivity index (χ0) is 18.7. The normalized spacial score (nSPS) is 12.0. The summed E-state index contributed by atoms with van der Waals surface area (Å²) in [7, 11) is 1.30. The monoisotopic (exact) mass is 370 g/mol. The van der Waals surface area contributed by atoms with Crippen molar-refractivity contribution in [1.29, 1.82) is 0 Å². The van der Waals surface area contributed by atoms with Crippen LogP contribution in [0.2, 0.25) is 5.02 Å². The first kappa shape index (κ1) is 18.0. The molecule has 0 radical (unpaired) electrons. The summed E-state index contributed by atoms with van der Waals surface area (Å²) >= 11 is 6.09. The number of nitrogens with one attached hydrogen (secondary N) is 2. The van der Waals surface area contributed by atoms with E-state index in [9.17, 15) is 9.59 Å². The van der Waals surface area contributed by atoms with Crippen molar-refractivity contribution in [3.8, 4) is 0 Å². The van der Waals surface area contributed by atoms with Crippen molar-refractivity contribution in [2.75, 3.05) is 12.4 Å². The number of carbonyl (C=O) groups is 2. The lowest BCUT2D eigenvalue weighted by molar-refractivity contribution is -0.117. The molecule has 5 nitrogen and oxygen atoms in total. The number of aromatic nitrogens is 1. The average Bonchev–Trinajstić information content (AvgIpc) is 3.00. The Morgan fingerprint density at radius 2 is 1.92 bits per heavy atom. The van der Waals surface area contributed by atoms with Crippen LogP contribution in [0.25, 0.3) is 10.9 Å². The maximum Gasteiger partial charge on any atom is 0.356 e. The summed E-state index contributed by atoms with van der Waals surface area (Å²) < 4.78 is 4.84. The fraction of sp³-hybridized carbons (Fsp3) is 0.200. The minimum atomic E-state index is -0.555. The molecule has 0 fully saturated rings. The summed E-state index contributed by atoms with van der Waals surface area (Å²) in [5, 5.41) is 4.07. The number of aromatic amines is 1. The van der Waals surface area contributed by atoms with E-state index >= 15 is 0 Å². The molecular weight excluding hydrogens is 352 g/mol. The highest BCUT2D eigenvalue weighted by Gasteiger charge is 2.24. The third kappa shape index (κ3) is 3.44. The van der Waals surface area contributed by atoms with Gasteiger partial charge < -0.3 is 15.0 Å². The van der Waals surface area contributed by atoms with E-state index in [1.54, 1.807) is 18.2 Å². The van der Waals surface area contributed by atoms with Crippen LogP contribution in [0.4, 0.5) is 5.69 Å². The van der Waals surface area contributed by atoms with E-state index in [1.807, 2.05) is 37.3 Å². The molecule has 0 saturated carbocycles. The molecule has 0 saturated heterocycles. The first-order chi connectivity index (χ1) is 12.5. The first-order valence-electron chi connectivity index (χ1n) is 8.30. The minimum absolute atomic E-state index is 0.190. The Labute approximate surface area is 156 Å². The van der Waals surface area contributed by atoms with E-state index in [1.165, 1.54) is 7.11 Å². The predicted molar refractivity (Wildman–Crippen MR) is 103 cm³/mol. The summed E-state index contributed by atoms with van der Waals surface area (Å²) in [6, 6.07) is 14.7. The van der Waals surface area contributed by atoms with Crippen molar-refractivity contribution in [2.24, 2.45) is 0 Å². The van der Waals surface area contributed by atoms with Gasteiger partial charge in [-0.05, 0) is 30.2 Å². The number of amides is 1. The van der Waals surface area contributed by atoms with Crippen LogP contribution in [0.5, 0.6) is 0 Å². The molecule has 0 aliphatic carbocycles. The molecule has 134 valence electrons. The van der Waals surface area contributed by atoms with E-state index in [2.05, 4.69) is 10.3 Å². The summed E-state index contributed by atoms with van der Waals surface area (Å²) in [6.45, 7) is 1.95. The fourth-order valence-corrected chi connectivity index (χ4v) is 3.19. The molecule has 0 bridgehead atoms. The smallest absolute Gasteiger partial charge is 0.356 e. The Hall–Kier alpha value is -2.79. The fourth-order valence-electron chi connectivity index (χ4n) is 3.02. The van der Waals surface area contributed by atoms with Gasteiger partial charge in [0.1, 0.15) is 5.69 Å². The van der Waals surface area contributed by atoms with Crippen molar-refractivity contribution >= 4 is 40.1 Å². The van der Waals surface area contributed by atoms with Gasteiger partial charge in [0.15, 0.2) is 0 Å². The molecule has 2 aromatic carbocycles. The van der Waals surface area contributed by atoms with Gasteiger partial charge in [-0.15, -0.1) is 0 Å². The summed E-state index contributed by atoms with van der Waals surface area (Å²) in [5.41, 5.74) is 2.19. The lowest BCUT2D eigenvalue weighted by atomic mass is 9.95. The zero-order valence-corrected chi connectivity index (χ0v) is 15.3. The average molecular weight is 371 g/mol. The maximum atomic E-state index is 12.9. The Balaban J connectivity index is 2.02. The second kappa shape index (κ2) is 7.62. The number of ether oxygens (including phenoxy) is 1. The molecule has 6 heteroatoms. The number of carbonyl (C=O) groups excluding carboxylic acids is 2. The number of hydrogen-bond donors (Lipinski definition) is 2. The Morgan fingerprint density at radius 3 is 2.58 bits per heavy atom. The molecule has 1 aromatic heterocycles. The van der Waals surface area contributed by atoms with Gasteiger partial charge >= 0.3 is 5.97 Å². The van der Waals surface area contributed by atoms with Crippen LogP contribution < -0.4 is 5.32 Å². The number of methoxy groups -OCH3 is 1. The highest BCUT2D eigenvalue weighted by molar-refractivity contribution is 6.31. The van der Waals surface area contributed by atoms with E-state index in [0.29, 0.717) is 28.0 Å². The van der Waals surface area contributed by atoms with Crippen LogP contribution in [0, 0.1) is 0 Å². The number of H-pyrrole nitrogens is 1. The number of fused-ring (bicyclic) bond motifs is 1. The van der Waals surface area contributed by atoms with Gasteiger partial charge in [-0.25, -0.2) is 4.79 Å². The molecule has 1 atom stereocenters. The van der Waals surface area contributed by atoms with E-state index in [0.717, 1.165) is 5.56 Å². The minimum Gasteiger partial charge on any atom is -0.464 e. The van der Waals surface area contributed by atoms with Crippen molar-refractivity contribution in [2.45, 2.75) is 19.3 Å². The number of halogens is 1. The van der Waals surface area contributed by atoms with E-state index in [-0.39, 0.29) is 17.5 Å². The second-order valence-corrected chi connectivity index (χ2v) is 6.35. The topological polar surface area (TPSA) is 71.2 Å². The van der Waals surface area contributed by atoms with Crippen molar-refractivity contribution in [3.63, 3.8) is 0 Å². The predicted octanol–water partition coefficient (Wildman–Crippen LogP) is 4.74. The summed E-state index contributed by atoms with van der Waals surface area (Å²) in [5.74, 6) is -1.07. The Morgan fingerprint density at radius 1 is 1.19 bits per heavy atom. The molecule has 1 amide bonds. The standard InChI is InChI=1S/C20H19ClN2O3/c1-3-14(12-7-5-4-6-8-12)19(24)23-17-15-11-13(21)9-10-16(15)22-18(17)20(25)26-2/h4-11,14,22H,3H2,1-2H3,(H,23,24)/t14-/m1/s1. The van der Waals surface area contributed by atoms with Crippen molar-refractivity contribution < 1.29 is 14.3 Å². The van der Waals surface area contributed by atoms with Crippen LogP contribution in [-0.4, -0.2) is 24.0 Å². The van der Waals surface area contributed by atoms with E-state index in [4.69, 9.17) is 16.3 Å². The Kier molecular flexibility index (Phi) is 5.28. The highest BCUT2D eigenvalue weighted by Crippen LogP contribution is 2.32. The molecule has 0 unspecified atom stereocenters. The van der Waals surface area contributed by atoms with Crippen molar-refractivity contribution in [1.82, 2.24) is 4.98 Å². The van der Waals surface area contributed by atoms with Crippen LogP contribution in [0.15, 0.2) is 48.5 Å². The highest BCUT2D eigenvalue weighted by atomic mass is 35.5.